The van der Waals surface area contributed by atoms with Gasteiger partial charge in [0.15, 0.2) is 0 Å². The highest BCUT2D eigenvalue weighted by molar-refractivity contribution is 5.94. The zero-order chi connectivity index (χ0) is 19.1. The summed E-state index contributed by atoms with van der Waals surface area (Å²) >= 11 is 0. The normalized spacial score (nSPS) is 11.3. The Morgan fingerprint density at radius 3 is 2.50 bits per heavy atom. The molecule has 0 amide bonds. The van der Waals surface area contributed by atoms with Gasteiger partial charge >= 0.3 is 12.1 Å². The minimum Gasteiger partial charge on any atom is -0.478 e. The molecule has 0 unspecified atom stereocenters. The van der Waals surface area contributed by atoms with Gasteiger partial charge in [0.1, 0.15) is 11.8 Å². The van der Waals surface area contributed by atoms with Gasteiger partial charge in [-0.25, -0.2) is 4.79 Å². The fourth-order valence-corrected chi connectivity index (χ4v) is 2.64. The lowest BCUT2D eigenvalue weighted by molar-refractivity contribution is -0.137. The third-order valence-electron chi connectivity index (χ3n) is 3.84. The first-order valence-corrected chi connectivity index (χ1v) is 7.09. The standard InChI is InChI=1S/C17H8F3N3O3/c18-17(19,20)10-1-4-15-13(5-10)9(7-21)8-23(15)11-2-3-12(16(24)25)14(6-11)22-26/h1-6,8H,(H,24,25). The Kier molecular flexibility index (Phi) is 3.96. The van der Waals surface area contributed by atoms with Crippen LogP contribution >= 0.6 is 0 Å². The highest BCUT2D eigenvalue weighted by Gasteiger charge is 2.31. The van der Waals surface area contributed by atoms with E-state index in [0.717, 1.165) is 18.2 Å². The van der Waals surface area contributed by atoms with Gasteiger partial charge in [-0.05, 0) is 41.6 Å². The Bertz CT molecular complexity index is 1090. The van der Waals surface area contributed by atoms with E-state index in [2.05, 4.69) is 5.18 Å². The van der Waals surface area contributed by atoms with Crippen LogP contribution in [0.3, 0.4) is 0 Å². The van der Waals surface area contributed by atoms with Crippen LogP contribution in [0.1, 0.15) is 21.5 Å². The number of halogens is 3. The second-order valence-electron chi connectivity index (χ2n) is 5.35. The predicted octanol–water partition coefficient (Wildman–Crippen LogP) is 4.62. The summed E-state index contributed by atoms with van der Waals surface area (Å²) in [6.07, 6.45) is -3.24. The van der Waals surface area contributed by atoms with Crippen molar-refractivity contribution >= 4 is 22.6 Å². The van der Waals surface area contributed by atoms with Gasteiger partial charge in [-0.15, -0.1) is 4.91 Å². The topological polar surface area (TPSA) is 95.4 Å². The fourth-order valence-electron chi connectivity index (χ4n) is 2.64. The predicted molar refractivity (Wildman–Crippen MR) is 85.4 cm³/mol. The smallest absolute Gasteiger partial charge is 0.416 e. The molecule has 0 aliphatic rings. The summed E-state index contributed by atoms with van der Waals surface area (Å²) in [6, 6.07) is 8.51. The lowest BCUT2D eigenvalue weighted by Gasteiger charge is -2.09. The van der Waals surface area contributed by atoms with Crippen LogP contribution in [0.25, 0.3) is 16.6 Å². The number of hydrogen-bond acceptors (Lipinski definition) is 4. The van der Waals surface area contributed by atoms with E-state index >= 15 is 0 Å². The van der Waals surface area contributed by atoms with Crippen molar-refractivity contribution < 1.29 is 23.1 Å². The number of hydrogen-bond donors (Lipinski definition) is 1. The fraction of sp³-hybridized carbons (Fsp3) is 0.0588. The average Bonchev–Trinajstić information content (AvgIpc) is 2.98. The summed E-state index contributed by atoms with van der Waals surface area (Å²) in [7, 11) is 0. The number of nitrogens with zero attached hydrogens (tertiary/aromatic N) is 3. The van der Waals surface area contributed by atoms with Crippen LogP contribution in [-0.2, 0) is 6.18 Å². The maximum Gasteiger partial charge on any atom is 0.416 e. The van der Waals surface area contributed by atoms with Crippen molar-refractivity contribution in [2.24, 2.45) is 5.18 Å². The number of nitroso groups, excluding NO2 is 1. The van der Waals surface area contributed by atoms with Crippen LogP contribution in [-0.4, -0.2) is 15.6 Å². The lowest BCUT2D eigenvalue weighted by atomic mass is 10.1. The Hall–Kier alpha value is -3.67. The van der Waals surface area contributed by atoms with Gasteiger partial charge in [0.25, 0.3) is 0 Å². The molecule has 0 aliphatic heterocycles. The molecule has 130 valence electrons. The number of aromatic carboxylic acids is 1. The first-order chi connectivity index (χ1) is 12.3. The highest BCUT2D eigenvalue weighted by atomic mass is 19.4. The van der Waals surface area contributed by atoms with E-state index in [1.54, 1.807) is 0 Å². The molecular formula is C17H8F3N3O3. The second-order valence-corrected chi connectivity index (χ2v) is 5.35. The summed E-state index contributed by atoms with van der Waals surface area (Å²) in [4.78, 5) is 22.0. The number of carboxylic acid groups (broad SMARTS) is 1. The van der Waals surface area contributed by atoms with Crippen LogP contribution in [0, 0.1) is 16.2 Å². The number of fused-ring (bicyclic) bond motifs is 1. The summed E-state index contributed by atoms with van der Waals surface area (Å²) < 4.78 is 40.1. The van der Waals surface area contributed by atoms with E-state index in [4.69, 9.17) is 5.11 Å². The molecule has 0 fully saturated rings. The molecule has 0 radical (unpaired) electrons. The first kappa shape index (κ1) is 17.2. The van der Waals surface area contributed by atoms with Gasteiger partial charge in [-0.1, -0.05) is 0 Å². The molecule has 1 aromatic heterocycles. The van der Waals surface area contributed by atoms with Crippen molar-refractivity contribution in [1.29, 1.82) is 5.26 Å². The number of alkyl halides is 3. The lowest BCUT2D eigenvalue weighted by Crippen LogP contribution is -2.04. The van der Waals surface area contributed by atoms with Crippen molar-refractivity contribution in [2.45, 2.75) is 6.18 Å². The molecule has 1 N–H and O–H groups in total. The molecule has 3 rings (SSSR count). The van der Waals surface area contributed by atoms with Crippen LogP contribution < -0.4 is 0 Å². The van der Waals surface area contributed by atoms with Crippen LogP contribution in [0.2, 0.25) is 0 Å². The number of aromatic nitrogens is 1. The molecule has 0 saturated heterocycles. The zero-order valence-electron chi connectivity index (χ0n) is 12.8. The molecule has 9 heteroatoms. The number of rotatable bonds is 3. The second kappa shape index (κ2) is 6.00. The number of benzene rings is 2. The Morgan fingerprint density at radius 2 is 1.92 bits per heavy atom. The van der Waals surface area contributed by atoms with Crippen molar-refractivity contribution in [3.05, 3.63) is 64.2 Å². The van der Waals surface area contributed by atoms with Crippen LogP contribution in [0.15, 0.2) is 47.8 Å². The number of nitriles is 1. The summed E-state index contributed by atoms with van der Waals surface area (Å²) in [5, 5.41) is 21.0. The molecular weight excluding hydrogens is 351 g/mol. The van der Waals surface area contributed by atoms with Crippen LogP contribution in [0.5, 0.6) is 0 Å². The van der Waals surface area contributed by atoms with E-state index in [9.17, 15) is 28.1 Å². The third kappa shape index (κ3) is 2.77. The van der Waals surface area contributed by atoms with Crippen molar-refractivity contribution in [3.8, 4) is 11.8 Å². The zero-order valence-corrected chi connectivity index (χ0v) is 12.8. The molecule has 0 bridgehead atoms. The molecule has 2 aromatic carbocycles. The third-order valence-corrected chi connectivity index (χ3v) is 3.84. The summed E-state index contributed by atoms with van der Waals surface area (Å²) in [5.41, 5.74) is -0.933. The molecule has 26 heavy (non-hydrogen) atoms. The van der Waals surface area contributed by atoms with E-state index < -0.39 is 17.7 Å². The average molecular weight is 359 g/mol. The summed E-state index contributed by atoms with van der Waals surface area (Å²) in [6.45, 7) is 0. The molecule has 0 saturated carbocycles. The van der Waals surface area contributed by atoms with Gasteiger partial charge in [0, 0.05) is 17.3 Å². The molecule has 6 nitrogen and oxygen atoms in total. The molecule has 1 heterocycles. The SMILES string of the molecule is N#Cc1cn(-c2ccc(C(=O)O)c(N=O)c2)c2ccc(C(F)(F)F)cc12. The minimum absolute atomic E-state index is 0.00835. The maximum absolute atomic E-state index is 12.9. The molecule has 0 aliphatic carbocycles. The largest absolute Gasteiger partial charge is 0.478 e. The van der Waals surface area contributed by atoms with Crippen LogP contribution in [0.4, 0.5) is 18.9 Å². The van der Waals surface area contributed by atoms with Gasteiger partial charge in [-0.2, -0.15) is 18.4 Å². The maximum atomic E-state index is 12.9. The minimum atomic E-state index is -4.55. The van der Waals surface area contributed by atoms with E-state index in [-0.39, 0.29) is 27.9 Å². The Balaban J connectivity index is 2.25. The van der Waals surface area contributed by atoms with Gasteiger partial charge in [-0.3, -0.25) is 0 Å². The number of carbonyl (C=O) groups is 1. The highest BCUT2D eigenvalue weighted by Crippen LogP contribution is 2.34. The first-order valence-electron chi connectivity index (χ1n) is 7.09. The van der Waals surface area contributed by atoms with E-state index in [1.807, 2.05) is 6.07 Å². The van der Waals surface area contributed by atoms with Crippen molar-refractivity contribution in [2.75, 3.05) is 0 Å². The molecule has 0 spiro atoms. The van der Waals surface area contributed by atoms with Crippen molar-refractivity contribution in [1.82, 2.24) is 4.57 Å². The van der Waals surface area contributed by atoms with E-state index in [1.165, 1.54) is 29.0 Å². The number of carboxylic acids is 1. The Morgan fingerprint density at radius 1 is 1.19 bits per heavy atom. The van der Waals surface area contributed by atoms with Gasteiger partial charge < -0.3 is 9.67 Å². The quantitative estimate of drug-likeness (QED) is 0.690. The van der Waals surface area contributed by atoms with Gasteiger partial charge in [0.05, 0.1) is 22.2 Å². The van der Waals surface area contributed by atoms with Crippen molar-refractivity contribution in [3.63, 3.8) is 0 Å². The Labute approximate surface area is 143 Å². The van der Waals surface area contributed by atoms with Gasteiger partial charge in [0.2, 0.25) is 0 Å². The molecule has 0 atom stereocenters. The monoisotopic (exact) mass is 359 g/mol. The molecule has 3 aromatic rings. The summed E-state index contributed by atoms with van der Waals surface area (Å²) in [5.74, 6) is -1.34. The van der Waals surface area contributed by atoms with E-state index in [0.29, 0.717) is 5.52 Å².